The number of benzene rings is 1. The topological polar surface area (TPSA) is 26.3 Å². The summed E-state index contributed by atoms with van der Waals surface area (Å²) in [6.07, 6.45) is 1.62. The van der Waals surface area contributed by atoms with E-state index in [1.807, 2.05) is 0 Å². The maximum atomic E-state index is 11.5. The third-order valence-electron chi connectivity index (χ3n) is 2.00. The molecule has 0 aliphatic heterocycles. The minimum Gasteiger partial charge on any atom is -0.463 e. The average molecular weight is 338 g/mol. The van der Waals surface area contributed by atoms with Crippen LogP contribution in [0.2, 0.25) is 10.0 Å². The quantitative estimate of drug-likeness (QED) is 0.589. The number of hydrogen-bond donors (Lipinski definition) is 0. The third-order valence-corrected chi connectivity index (χ3v) is 3.09. The van der Waals surface area contributed by atoms with Gasteiger partial charge in [0.2, 0.25) is 0 Å². The van der Waals surface area contributed by atoms with Gasteiger partial charge in [0.1, 0.15) is 0 Å². The fourth-order valence-corrected chi connectivity index (χ4v) is 2.53. The minimum absolute atomic E-state index is 0.339. The number of carbonyl (C=O) groups excluding carboxylic acids is 1. The van der Waals surface area contributed by atoms with Crippen molar-refractivity contribution in [2.45, 2.75) is 13.8 Å². The first-order valence-corrected chi connectivity index (χ1v) is 6.50. The summed E-state index contributed by atoms with van der Waals surface area (Å²) in [4.78, 5) is 11.5. The molecule has 1 aromatic rings. The van der Waals surface area contributed by atoms with Crippen molar-refractivity contribution in [1.29, 1.82) is 0 Å². The zero-order valence-corrected chi connectivity index (χ0v) is 12.5. The van der Waals surface area contributed by atoms with Gasteiger partial charge in [-0.1, -0.05) is 39.1 Å². The van der Waals surface area contributed by atoms with Gasteiger partial charge in [-0.3, -0.25) is 0 Å². The molecule has 5 heteroatoms. The van der Waals surface area contributed by atoms with Crippen LogP contribution in [0.1, 0.15) is 19.4 Å². The van der Waals surface area contributed by atoms with Crippen LogP contribution in [0.5, 0.6) is 0 Å². The van der Waals surface area contributed by atoms with E-state index in [1.165, 1.54) is 0 Å². The predicted octanol–water partition coefficient (Wildman–Crippen LogP) is 4.72. The van der Waals surface area contributed by atoms with Gasteiger partial charge in [-0.2, -0.15) is 0 Å². The summed E-state index contributed by atoms with van der Waals surface area (Å²) in [6.45, 7) is 3.75. The first-order valence-electron chi connectivity index (χ1n) is 4.95. The highest BCUT2D eigenvalue weighted by atomic mass is 79.9. The van der Waals surface area contributed by atoms with Crippen molar-refractivity contribution in [2.24, 2.45) is 0 Å². The van der Waals surface area contributed by atoms with Crippen molar-refractivity contribution in [3.63, 3.8) is 0 Å². The van der Waals surface area contributed by atoms with Gasteiger partial charge in [0, 0.05) is 15.6 Å². The molecule has 0 bridgehead atoms. The molecule has 0 spiro atoms. The third kappa shape index (κ3) is 4.02. The summed E-state index contributed by atoms with van der Waals surface area (Å²) >= 11 is 15.4. The van der Waals surface area contributed by atoms with E-state index < -0.39 is 0 Å². The van der Waals surface area contributed by atoms with Crippen molar-refractivity contribution in [2.75, 3.05) is 6.61 Å². The second-order valence-corrected chi connectivity index (χ2v) is 5.06. The zero-order valence-electron chi connectivity index (χ0n) is 9.39. The summed E-state index contributed by atoms with van der Waals surface area (Å²) in [6, 6.07) is 3.44. The number of esters is 1. The van der Waals surface area contributed by atoms with Crippen LogP contribution < -0.4 is 0 Å². The van der Waals surface area contributed by atoms with Crippen LogP contribution in [0.3, 0.4) is 0 Å². The lowest BCUT2D eigenvalue weighted by molar-refractivity contribution is -0.138. The van der Waals surface area contributed by atoms with Gasteiger partial charge in [0.05, 0.1) is 16.7 Å². The van der Waals surface area contributed by atoms with E-state index >= 15 is 0 Å². The van der Waals surface area contributed by atoms with Gasteiger partial charge >= 0.3 is 5.97 Å². The molecule has 0 aliphatic carbocycles. The van der Waals surface area contributed by atoms with E-state index in [4.69, 9.17) is 27.9 Å². The molecule has 0 unspecified atom stereocenters. The predicted molar refractivity (Wildman–Crippen MR) is 74.4 cm³/mol. The van der Waals surface area contributed by atoms with Crippen molar-refractivity contribution < 1.29 is 9.53 Å². The fourth-order valence-electron chi connectivity index (χ4n) is 1.21. The van der Waals surface area contributed by atoms with E-state index in [-0.39, 0.29) is 5.97 Å². The van der Waals surface area contributed by atoms with Crippen molar-refractivity contribution in [1.82, 2.24) is 0 Å². The number of ether oxygens (including phenoxy) is 1. The second kappa shape index (κ2) is 6.43. The standard InChI is InChI=1S/C12H11BrCl2O2/c1-3-17-12(16)7(2)4-9-10(14)5-8(13)6-11(9)15/h4-6H,3H2,1-2H3. The first-order chi connectivity index (χ1) is 7.95. The first kappa shape index (κ1) is 14.6. The lowest BCUT2D eigenvalue weighted by Gasteiger charge is -2.05. The Kier molecular flexibility index (Phi) is 5.50. The summed E-state index contributed by atoms with van der Waals surface area (Å²) in [5, 5.41) is 0.959. The van der Waals surface area contributed by atoms with Gasteiger partial charge in [-0.15, -0.1) is 0 Å². The molecular weight excluding hydrogens is 327 g/mol. The summed E-state index contributed by atoms with van der Waals surface area (Å²) in [7, 11) is 0. The van der Waals surface area contributed by atoms with Crippen molar-refractivity contribution in [3.8, 4) is 0 Å². The van der Waals surface area contributed by atoms with E-state index in [0.29, 0.717) is 27.8 Å². The lowest BCUT2D eigenvalue weighted by atomic mass is 10.1. The highest BCUT2D eigenvalue weighted by Gasteiger charge is 2.09. The molecule has 0 aliphatic rings. The Morgan fingerprint density at radius 3 is 2.41 bits per heavy atom. The maximum Gasteiger partial charge on any atom is 0.333 e. The van der Waals surface area contributed by atoms with Gasteiger partial charge in [-0.05, 0) is 32.1 Å². The number of hydrogen-bond acceptors (Lipinski definition) is 2. The van der Waals surface area contributed by atoms with Crippen LogP contribution >= 0.6 is 39.1 Å². The molecule has 0 N–H and O–H groups in total. The van der Waals surface area contributed by atoms with Crippen LogP contribution in [0.4, 0.5) is 0 Å². The van der Waals surface area contributed by atoms with E-state index in [1.54, 1.807) is 32.1 Å². The number of halogens is 3. The molecule has 1 aromatic carbocycles. The minimum atomic E-state index is -0.373. The summed E-state index contributed by atoms with van der Waals surface area (Å²) in [5.74, 6) is -0.373. The molecule has 0 atom stereocenters. The molecule has 0 fully saturated rings. The van der Waals surface area contributed by atoms with Crippen LogP contribution in [0.15, 0.2) is 22.2 Å². The zero-order chi connectivity index (χ0) is 13.0. The summed E-state index contributed by atoms with van der Waals surface area (Å²) < 4.78 is 5.67. The lowest BCUT2D eigenvalue weighted by Crippen LogP contribution is -2.04. The Balaban J connectivity index is 3.10. The highest BCUT2D eigenvalue weighted by Crippen LogP contribution is 2.31. The van der Waals surface area contributed by atoms with Crippen LogP contribution in [0.25, 0.3) is 6.08 Å². The molecule has 0 aromatic heterocycles. The Morgan fingerprint density at radius 2 is 1.94 bits per heavy atom. The Labute approximate surface area is 119 Å². The normalized spacial score (nSPS) is 11.5. The van der Waals surface area contributed by atoms with E-state index in [0.717, 1.165) is 4.47 Å². The van der Waals surface area contributed by atoms with Crippen LogP contribution in [-0.4, -0.2) is 12.6 Å². The molecule has 0 amide bonds. The monoisotopic (exact) mass is 336 g/mol. The van der Waals surface area contributed by atoms with E-state index in [9.17, 15) is 4.79 Å². The summed E-state index contributed by atoms with van der Waals surface area (Å²) in [5.41, 5.74) is 1.07. The van der Waals surface area contributed by atoms with Crippen molar-refractivity contribution in [3.05, 3.63) is 37.8 Å². The number of carbonyl (C=O) groups is 1. The average Bonchev–Trinajstić information content (AvgIpc) is 2.23. The van der Waals surface area contributed by atoms with Gasteiger partial charge in [0.15, 0.2) is 0 Å². The SMILES string of the molecule is CCOC(=O)C(C)=Cc1c(Cl)cc(Br)cc1Cl. The van der Waals surface area contributed by atoms with Gasteiger partial charge < -0.3 is 4.74 Å². The largest absolute Gasteiger partial charge is 0.463 e. The Morgan fingerprint density at radius 1 is 1.41 bits per heavy atom. The maximum absolute atomic E-state index is 11.5. The van der Waals surface area contributed by atoms with Crippen LogP contribution in [0, 0.1) is 0 Å². The Bertz CT molecular complexity index is 447. The molecule has 0 saturated carbocycles. The molecular formula is C12H11BrCl2O2. The molecule has 0 saturated heterocycles. The molecule has 0 radical (unpaired) electrons. The molecule has 1 rings (SSSR count). The van der Waals surface area contributed by atoms with Gasteiger partial charge in [0.25, 0.3) is 0 Å². The van der Waals surface area contributed by atoms with E-state index in [2.05, 4.69) is 15.9 Å². The fraction of sp³-hybridized carbons (Fsp3) is 0.250. The highest BCUT2D eigenvalue weighted by molar-refractivity contribution is 9.10. The molecule has 17 heavy (non-hydrogen) atoms. The van der Waals surface area contributed by atoms with Crippen LogP contribution in [-0.2, 0) is 9.53 Å². The Hall–Kier alpha value is -0.510. The van der Waals surface area contributed by atoms with Gasteiger partial charge in [-0.25, -0.2) is 4.79 Å². The smallest absolute Gasteiger partial charge is 0.333 e. The molecule has 0 heterocycles. The number of rotatable bonds is 3. The second-order valence-electron chi connectivity index (χ2n) is 3.33. The molecule has 2 nitrogen and oxygen atoms in total. The van der Waals surface area contributed by atoms with Crippen molar-refractivity contribution >= 4 is 51.2 Å². The molecule has 92 valence electrons.